The van der Waals surface area contributed by atoms with Crippen molar-refractivity contribution in [1.82, 2.24) is 10.2 Å². The Kier molecular flexibility index (Phi) is 8.43. The van der Waals surface area contributed by atoms with Gasteiger partial charge in [0.05, 0.1) is 12.8 Å². The molecule has 1 N–H and O–H groups in total. The van der Waals surface area contributed by atoms with Crippen molar-refractivity contribution in [3.05, 3.63) is 71.8 Å². The summed E-state index contributed by atoms with van der Waals surface area (Å²) < 4.78 is 5.35. The van der Waals surface area contributed by atoms with E-state index in [-0.39, 0.29) is 24.1 Å². The standard InChI is InChI=1S/C30H35N3O4/c1-4-17-31-29(35)25(5-2)33(20-21-10-6-13-23(19-21)37-3)27(34)16-9-18-32-26-15-8-12-22-11-7-14-24(28(22)26)30(32)36/h6-8,10-15,19,25H,4-5,9,16-18,20H2,1-3H3,(H,31,35)/t25-/m1/s1. The van der Waals surface area contributed by atoms with Crippen LogP contribution in [0.4, 0.5) is 5.69 Å². The molecule has 3 amide bonds. The summed E-state index contributed by atoms with van der Waals surface area (Å²) in [6.45, 7) is 5.23. The third-order valence-electron chi connectivity index (χ3n) is 6.84. The molecule has 1 aliphatic heterocycles. The van der Waals surface area contributed by atoms with E-state index in [1.807, 2.05) is 74.5 Å². The van der Waals surface area contributed by atoms with Gasteiger partial charge in [-0.1, -0.05) is 50.2 Å². The zero-order valence-corrected chi connectivity index (χ0v) is 21.8. The van der Waals surface area contributed by atoms with Crippen molar-refractivity contribution < 1.29 is 19.1 Å². The molecule has 3 aromatic carbocycles. The van der Waals surface area contributed by atoms with Crippen molar-refractivity contribution in [2.75, 3.05) is 25.1 Å². The van der Waals surface area contributed by atoms with E-state index in [0.29, 0.717) is 43.8 Å². The first-order chi connectivity index (χ1) is 18.0. The average molecular weight is 502 g/mol. The SMILES string of the molecule is CCCNC(=O)[C@@H](CC)N(Cc1cccc(OC)c1)C(=O)CCCN1C(=O)c2cccc3cccc1c23. The van der Waals surface area contributed by atoms with E-state index in [9.17, 15) is 14.4 Å². The van der Waals surface area contributed by atoms with E-state index in [1.165, 1.54) is 0 Å². The molecule has 7 heteroatoms. The summed E-state index contributed by atoms with van der Waals surface area (Å²) in [5.74, 6) is 0.425. The van der Waals surface area contributed by atoms with Gasteiger partial charge in [0, 0.05) is 37.0 Å². The lowest BCUT2D eigenvalue weighted by atomic mass is 10.1. The molecule has 194 valence electrons. The van der Waals surface area contributed by atoms with Crippen LogP contribution in [-0.4, -0.2) is 48.9 Å². The molecular formula is C30H35N3O4. The fourth-order valence-electron chi connectivity index (χ4n) is 4.99. The predicted molar refractivity (Wildman–Crippen MR) is 146 cm³/mol. The molecule has 0 spiro atoms. The minimum atomic E-state index is -0.573. The normalized spacial score (nSPS) is 13.1. The number of hydrogen-bond donors (Lipinski definition) is 1. The second-order valence-electron chi connectivity index (χ2n) is 9.33. The fourth-order valence-corrected chi connectivity index (χ4v) is 4.99. The Bertz CT molecular complexity index is 1280. The highest BCUT2D eigenvalue weighted by Gasteiger charge is 2.31. The zero-order chi connectivity index (χ0) is 26.4. The molecule has 0 bridgehead atoms. The van der Waals surface area contributed by atoms with Gasteiger partial charge in [-0.15, -0.1) is 0 Å². The Balaban J connectivity index is 1.49. The number of carbonyl (C=O) groups is 3. The van der Waals surface area contributed by atoms with Crippen LogP contribution in [0.25, 0.3) is 10.8 Å². The number of rotatable bonds is 12. The fraction of sp³-hybridized carbons (Fsp3) is 0.367. The van der Waals surface area contributed by atoms with E-state index in [2.05, 4.69) is 5.32 Å². The smallest absolute Gasteiger partial charge is 0.258 e. The summed E-state index contributed by atoms with van der Waals surface area (Å²) in [5.41, 5.74) is 2.49. The number of carbonyl (C=O) groups excluding carboxylic acids is 3. The molecule has 0 aromatic heterocycles. The van der Waals surface area contributed by atoms with Crippen LogP contribution >= 0.6 is 0 Å². The minimum absolute atomic E-state index is 0.0298. The van der Waals surface area contributed by atoms with Gasteiger partial charge in [0.1, 0.15) is 11.8 Å². The van der Waals surface area contributed by atoms with Crippen LogP contribution in [0, 0.1) is 0 Å². The Morgan fingerprint density at radius 2 is 1.81 bits per heavy atom. The van der Waals surface area contributed by atoms with Gasteiger partial charge in [0.25, 0.3) is 5.91 Å². The molecule has 0 saturated carbocycles. The third-order valence-corrected chi connectivity index (χ3v) is 6.84. The van der Waals surface area contributed by atoms with Gasteiger partial charge in [-0.25, -0.2) is 0 Å². The van der Waals surface area contributed by atoms with Gasteiger partial charge in [0.15, 0.2) is 0 Å². The lowest BCUT2D eigenvalue weighted by Crippen LogP contribution is -2.49. The first-order valence-corrected chi connectivity index (χ1v) is 13.0. The van der Waals surface area contributed by atoms with Crippen LogP contribution < -0.4 is 15.0 Å². The second kappa shape index (κ2) is 11.9. The maximum atomic E-state index is 13.6. The number of benzene rings is 3. The molecule has 0 aliphatic carbocycles. The number of anilines is 1. The van der Waals surface area contributed by atoms with Crippen molar-refractivity contribution in [3.8, 4) is 5.75 Å². The van der Waals surface area contributed by atoms with Crippen molar-refractivity contribution in [1.29, 1.82) is 0 Å². The van der Waals surface area contributed by atoms with Crippen LogP contribution in [0.15, 0.2) is 60.7 Å². The number of methoxy groups -OCH3 is 1. The molecule has 3 aromatic rings. The summed E-state index contributed by atoms with van der Waals surface area (Å²) in [5, 5.41) is 4.95. The predicted octanol–water partition coefficient (Wildman–Crippen LogP) is 4.92. The van der Waals surface area contributed by atoms with Gasteiger partial charge in [0.2, 0.25) is 11.8 Å². The monoisotopic (exact) mass is 501 g/mol. The van der Waals surface area contributed by atoms with E-state index in [0.717, 1.165) is 28.4 Å². The van der Waals surface area contributed by atoms with Crippen LogP contribution in [0.2, 0.25) is 0 Å². The first kappa shape index (κ1) is 26.2. The number of amides is 3. The first-order valence-electron chi connectivity index (χ1n) is 13.0. The molecular weight excluding hydrogens is 466 g/mol. The number of nitrogens with zero attached hydrogens (tertiary/aromatic N) is 2. The topological polar surface area (TPSA) is 79.0 Å². The lowest BCUT2D eigenvalue weighted by Gasteiger charge is -2.31. The van der Waals surface area contributed by atoms with Gasteiger partial charge in [-0.3, -0.25) is 14.4 Å². The summed E-state index contributed by atoms with van der Waals surface area (Å²) in [7, 11) is 1.60. The van der Waals surface area contributed by atoms with Crippen LogP contribution in [-0.2, 0) is 16.1 Å². The van der Waals surface area contributed by atoms with Gasteiger partial charge < -0.3 is 19.9 Å². The summed E-state index contributed by atoms with van der Waals surface area (Å²) in [6, 6.07) is 18.7. The highest BCUT2D eigenvalue weighted by atomic mass is 16.5. The Morgan fingerprint density at radius 3 is 2.54 bits per heavy atom. The molecule has 0 fully saturated rings. The van der Waals surface area contributed by atoms with E-state index in [4.69, 9.17) is 4.74 Å². The molecule has 0 radical (unpaired) electrons. The van der Waals surface area contributed by atoms with Crippen molar-refractivity contribution in [2.24, 2.45) is 0 Å². The van der Waals surface area contributed by atoms with Gasteiger partial charge >= 0.3 is 0 Å². The maximum Gasteiger partial charge on any atom is 0.258 e. The number of hydrogen-bond acceptors (Lipinski definition) is 4. The summed E-state index contributed by atoms with van der Waals surface area (Å²) in [4.78, 5) is 43.1. The van der Waals surface area contributed by atoms with Crippen molar-refractivity contribution in [3.63, 3.8) is 0 Å². The molecule has 0 unspecified atom stereocenters. The third kappa shape index (κ3) is 5.61. The number of nitrogens with one attached hydrogen (secondary N) is 1. The Hall–Kier alpha value is -3.87. The molecule has 1 aliphatic rings. The minimum Gasteiger partial charge on any atom is -0.497 e. The largest absolute Gasteiger partial charge is 0.497 e. The van der Waals surface area contributed by atoms with Gasteiger partial charge in [-0.05, 0) is 54.5 Å². The highest BCUT2D eigenvalue weighted by Crippen LogP contribution is 2.37. The van der Waals surface area contributed by atoms with E-state index in [1.54, 1.807) is 16.9 Å². The van der Waals surface area contributed by atoms with Crippen molar-refractivity contribution in [2.45, 2.75) is 52.1 Å². The van der Waals surface area contributed by atoms with E-state index >= 15 is 0 Å². The van der Waals surface area contributed by atoms with Gasteiger partial charge in [-0.2, -0.15) is 0 Å². The molecule has 1 atom stereocenters. The molecule has 1 heterocycles. The van der Waals surface area contributed by atoms with Crippen molar-refractivity contribution >= 4 is 34.2 Å². The van der Waals surface area contributed by atoms with Crippen LogP contribution in [0.3, 0.4) is 0 Å². The summed E-state index contributed by atoms with van der Waals surface area (Å²) >= 11 is 0. The van der Waals surface area contributed by atoms with Crippen LogP contribution in [0.5, 0.6) is 5.75 Å². The molecule has 37 heavy (non-hydrogen) atoms. The summed E-state index contributed by atoms with van der Waals surface area (Å²) in [6.07, 6.45) is 2.06. The number of ether oxygens (including phenoxy) is 1. The maximum absolute atomic E-state index is 13.6. The van der Waals surface area contributed by atoms with E-state index < -0.39 is 6.04 Å². The molecule has 4 rings (SSSR count). The average Bonchev–Trinajstić information content (AvgIpc) is 3.19. The second-order valence-corrected chi connectivity index (χ2v) is 9.33. The zero-order valence-electron chi connectivity index (χ0n) is 21.8. The molecule has 7 nitrogen and oxygen atoms in total. The Labute approximate surface area is 218 Å². The lowest BCUT2D eigenvalue weighted by molar-refractivity contribution is -0.141. The Morgan fingerprint density at radius 1 is 1.05 bits per heavy atom. The molecule has 0 saturated heterocycles. The quantitative estimate of drug-likeness (QED) is 0.382. The highest BCUT2D eigenvalue weighted by molar-refractivity contribution is 6.25. The van der Waals surface area contributed by atoms with Crippen LogP contribution in [0.1, 0.15) is 55.5 Å².